The van der Waals surface area contributed by atoms with Gasteiger partial charge in [0.25, 0.3) is 0 Å². The molecule has 1 aromatic carbocycles. The molecule has 0 radical (unpaired) electrons. The van der Waals surface area contributed by atoms with Crippen molar-refractivity contribution in [2.75, 3.05) is 13.6 Å². The number of nitrogens with zero attached hydrogens (tertiary/aromatic N) is 2. The summed E-state index contributed by atoms with van der Waals surface area (Å²) in [6, 6.07) is 9.24. The van der Waals surface area contributed by atoms with Gasteiger partial charge in [-0.1, -0.05) is 12.1 Å². The lowest BCUT2D eigenvalue weighted by atomic mass is 9.94. The van der Waals surface area contributed by atoms with Gasteiger partial charge in [0.05, 0.1) is 5.69 Å². The number of aromatic nitrogens is 2. The molecule has 20 heavy (non-hydrogen) atoms. The Kier molecular flexibility index (Phi) is 4.90. The van der Waals surface area contributed by atoms with Crippen LogP contribution in [0.25, 0.3) is 0 Å². The van der Waals surface area contributed by atoms with Crippen LogP contribution >= 0.6 is 0 Å². The van der Waals surface area contributed by atoms with Gasteiger partial charge in [-0.3, -0.25) is 4.68 Å². The average Bonchev–Trinajstić information content (AvgIpc) is 2.87. The highest BCUT2D eigenvalue weighted by Gasteiger charge is 2.14. The summed E-state index contributed by atoms with van der Waals surface area (Å²) in [4.78, 5) is 0. The van der Waals surface area contributed by atoms with Crippen molar-refractivity contribution in [1.29, 1.82) is 0 Å². The number of hydrogen-bond acceptors (Lipinski definition) is 2. The second-order valence-corrected chi connectivity index (χ2v) is 5.39. The van der Waals surface area contributed by atoms with Crippen LogP contribution in [0.4, 0.5) is 4.39 Å². The standard InChI is InChI=1S/C16H22FN3/c1-12(2)20-8-7-16(19-20)10-14(11-18-3)13-5-4-6-15(17)9-13/h4-9,12,14,18H,10-11H2,1-3H3. The van der Waals surface area contributed by atoms with Gasteiger partial charge in [-0.15, -0.1) is 0 Å². The Morgan fingerprint density at radius 1 is 1.30 bits per heavy atom. The Labute approximate surface area is 119 Å². The third-order valence-corrected chi connectivity index (χ3v) is 3.42. The molecule has 2 rings (SSSR count). The van der Waals surface area contributed by atoms with E-state index in [-0.39, 0.29) is 11.7 Å². The monoisotopic (exact) mass is 275 g/mol. The maximum Gasteiger partial charge on any atom is 0.123 e. The van der Waals surface area contributed by atoms with Crippen LogP contribution in [-0.4, -0.2) is 23.4 Å². The van der Waals surface area contributed by atoms with Crippen LogP contribution in [0.5, 0.6) is 0 Å². The van der Waals surface area contributed by atoms with Crippen molar-refractivity contribution in [3.63, 3.8) is 0 Å². The number of halogens is 1. The van der Waals surface area contributed by atoms with Crippen LogP contribution in [0.15, 0.2) is 36.5 Å². The van der Waals surface area contributed by atoms with Gasteiger partial charge in [0, 0.05) is 24.7 Å². The van der Waals surface area contributed by atoms with Crippen molar-refractivity contribution in [3.05, 3.63) is 53.6 Å². The predicted octanol–water partition coefficient (Wildman–Crippen LogP) is 3.15. The molecule has 0 saturated carbocycles. The van der Waals surface area contributed by atoms with Crippen molar-refractivity contribution in [3.8, 4) is 0 Å². The second kappa shape index (κ2) is 6.66. The Balaban J connectivity index is 2.16. The van der Waals surface area contributed by atoms with E-state index in [9.17, 15) is 4.39 Å². The minimum absolute atomic E-state index is 0.184. The topological polar surface area (TPSA) is 29.9 Å². The second-order valence-electron chi connectivity index (χ2n) is 5.39. The summed E-state index contributed by atoms with van der Waals surface area (Å²) in [5, 5.41) is 7.75. The fourth-order valence-corrected chi connectivity index (χ4v) is 2.34. The summed E-state index contributed by atoms with van der Waals surface area (Å²) in [6.07, 6.45) is 2.81. The summed E-state index contributed by atoms with van der Waals surface area (Å²) in [7, 11) is 1.92. The van der Waals surface area contributed by atoms with E-state index in [4.69, 9.17) is 0 Å². The van der Waals surface area contributed by atoms with Crippen LogP contribution in [0.1, 0.15) is 37.1 Å². The van der Waals surface area contributed by atoms with E-state index in [1.54, 1.807) is 12.1 Å². The van der Waals surface area contributed by atoms with E-state index in [0.29, 0.717) is 6.04 Å². The number of hydrogen-bond donors (Lipinski definition) is 1. The van der Waals surface area contributed by atoms with E-state index in [1.165, 1.54) is 6.07 Å². The largest absolute Gasteiger partial charge is 0.319 e. The Morgan fingerprint density at radius 2 is 2.10 bits per heavy atom. The van der Waals surface area contributed by atoms with E-state index >= 15 is 0 Å². The van der Waals surface area contributed by atoms with E-state index in [2.05, 4.69) is 24.3 Å². The molecular weight excluding hydrogens is 253 g/mol. The smallest absolute Gasteiger partial charge is 0.123 e. The van der Waals surface area contributed by atoms with Gasteiger partial charge in [0.15, 0.2) is 0 Å². The SMILES string of the molecule is CNCC(Cc1ccn(C(C)C)n1)c1cccc(F)c1. The minimum Gasteiger partial charge on any atom is -0.319 e. The van der Waals surface area contributed by atoms with Gasteiger partial charge in [-0.05, 0) is 51.1 Å². The first kappa shape index (κ1) is 14.7. The fourth-order valence-electron chi connectivity index (χ4n) is 2.34. The maximum atomic E-state index is 13.4. The number of benzene rings is 1. The van der Waals surface area contributed by atoms with Crippen molar-refractivity contribution < 1.29 is 4.39 Å². The van der Waals surface area contributed by atoms with Crippen molar-refractivity contribution in [2.24, 2.45) is 0 Å². The summed E-state index contributed by atoms with van der Waals surface area (Å²) in [5.41, 5.74) is 2.06. The van der Waals surface area contributed by atoms with Gasteiger partial charge in [-0.25, -0.2) is 4.39 Å². The Bertz CT molecular complexity index is 548. The minimum atomic E-state index is -0.184. The molecule has 108 valence electrons. The van der Waals surface area contributed by atoms with Gasteiger partial charge >= 0.3 is 0 Å². The molecule has 1 atom stereocenters. The van der Waals surface area contributed by atoms with E-state index in [1.807, 2.05) is 30.1 Å². The van der Waals surface area contributed by atoms with E-state index in [0.717, 1.165) is 24.2 Å². The lowest BCUT2D eigenvalue weighted by Gasteiger charge is -2.16. The van der Waals surface area contributed by atoms with Crippen molar-refractivity contribution in [2.45, 2.75) is 32.2 Å². The Morgan fingerprint density at radius 3 is 2.70 bits per heavy atom. The van der Waals surface area contributed by atoms with Crippen LogP contribution in [0.3, 0.4) is 0 Å². The number of nitrogens with one attached hydrogen (secondary N) is 1. The summed E-state index contributed by atoms with van der Waals surface area (Å²) < 4.78 is 15.3. The summed E-state index contributed by atoms with van der Waals surface area (Å²) in [5.74, 6) is 0.0440. The highest BCUT2D eigenvalue weighted by molar-refractivity contribution is 5.23. The van der Waals surface area contributed by atoms with Gasteiger partial charge in [-0.2, -0.15) is 5.10 Å². The third-order valence-electron chi connectivity index (χ3n) is 3.42. The molecular formula is C16H22FN3. The molecule has 0 bridgehead atoms. The molecule has 1 aromatic heterocycles. The molecule has 0 aliphatic rings. The molecule has 1 N–H and O–H groups in total. The summed E-state index contributed by atoms with van der Waals surface area (Å²) in [6.45, 7) is 5.01. The zero-order valence-electron chi connectivity index (χ0n) is 12.3. The van der Waals surface area contributed by atoms with Crippen LogP contribution in [0, 0.1) is 5.82 Å². The van der Waals surface area contributed by atoms with Gasteiger partial charge < -0.3 is 5.32 Å². The first-order valence-electron chi connectivity index (χ1n) is 7.04. The third kappa shape index (κ3) is 3.67. The predicted molar refractivity (Wildman–Crippen MR) is 79.4 cm³/mol. The molecule has 0 saturated heterocycles. The van der Waals surface area contributed by atoms with Crippen molar-refractivity contribution in [1.82, 2.24) is 15.1 Å². The molecule has 1 unspecified atom stereocenters. The zero-order valence-corrected chi connectivity index (χ0v) is 12.3. The maximum absolute atomic E-state index is 13.4. The molecule has 2 aromatic rings. The molecule has 0 aliphatic heterocycles. The van der Waals surface area contributed by atoms with E-state index < -0.39 is 0 Å². The van der Waals surface area contributed by atoms with Crippen LogP contribution in [-0.2, 0) is 6.42 Å². The summed E-state index contributed by atoms with van der Waals surface area (Å²) >= 11 is 0. The van der Waals surface area contributed by atoms with Gasteiger partial charge in [0.2, 0.25) is 0 Å². The molecule has 4 heteroatoms. The fraction of sp³-hybridized carbons (Fsp3) is 0.438. The first-order valence-corrected chi connectivity index (χ1v) is 7.04. The molecule has 0 amide bonds. The highest BCUT2D eigenvalue weighted by Crippen LogP contribution is 2.21. The molecule has 1 heterocycles. The molecule has 0 fully saturated rings. The average molecular weight is 275 g/mol. The number of likely N-dealkylation sites (N-methyl/N-ethyl adjacent to an activating group) is 1. The molecule has 0 aliphatic carbocycles. The molecule has 3 nitrogen and oxygen atoms in total. The normalized spacial score (nSPS) is 12.8. The van der Waals surface area contributed by atoms with Crippen molar-refractivity contribution >= 4 is 0 Å². The lowest BCUT2D eigenvalue weighted by molar-refractivity contribution is 0.519. The quantitative estimate of drug-likeness (QED) is 0.877. The lowest BCUT2D eigenvalue weighted by Crippen LogP contribution is -2.19. The van der Waals surface area contributed by atoms with Crippen LogP contribution in [0.2, 0.25) is 0 Å². The molecule has 0 spiro atoms. The van der Waals surface area contributed by atoms with Crippen LogP contribution < -0.4 is 5.32 Å². The Hall–Kier alpha value is -1.68. The first-order chi connectivity index (χ1) is 9.60. The zero-order chi connectivity index (χ0) is 14.5. The number of rotatable bonds is 6. The highest BCUT2D eigenvalue weighted by atomic mass is 19.1. The van der Waals surface area contributed by atoms with Gasteiger partial charge in [0.1, 0.15) is 5.82 Å².